The van der Waals surface area contributed by atoms with E-state index in [9.17, 15) is 8.42 Å². The van der Waals surface area contributed by atoms with Crippen LogP contribution >= 0.6 is 0 Å². The molecule has 0 aromatic heterocycles. The lowest BCUT2D eigenvalue weighted by Crippen LogP contribution is -2.55. The predicted octanol–water partition coefficient (Wildman–Crippen LogP) is 2.26. The van der Waals surface area contributed by atoms with Gasteiger partial charge in [0.1, 0.15) is 0 Å². The van der Waals surface area contributed by atoms with Crippen LogP contribution in [0.25, 0.3) is 0 Å². The van der Waals surface area contributed by atoms with Gasteiger partial charge in [0.25, 0.3) is 0 Å². The Morgan fingerprint density at radius 1 is 0.895 bits per heavy atom. The molecule has 1 saturated carbocycles. The number of hydrogen-bond donors (Lipinski definition) is 2. The molecule has 114 valence electrons. The fourth-order valence-electron chi connectivity index (χ4n) is 2.39. The molecule has 1 aliphatic carbocycles. The number of sulfonamides is 1. The summed E-state index contributed by atoms with van der Waals surface area (Å²) in [7, 11) is -3.07. The smallest absolute Gasteiger partial charge is 0.208 e. The molecule has 1 fully saturated rings. The SMILES string of the molecule is CC(C)(C)C(C)(C)N[C@H]1CC[C@@H](NS(C)(=O)=O)CC1. The highest BCUT2D eigenvalue weighted by atomic mass is 32.2. The van der Waals surface area contributed by atoms with Gasteiger partial charge in [0.15, 0.2) is 0 Å². The van der Waals surface area contributed by atoms with Gasteiger partial charge >= 0.3 is 0 Å². The molecule has 1 rings (SSSR count). The molecular weight excluding hydrogens is 260 g/mol. The molecule has 0 atom stereocenters. The molecule has 2 N–H and O–H groups in total. The van der Waals surface area contributed by atoms with Gasteiger partial charge in [0.2, 0.25) is 10.0 Å². The van der Waals surface area contributed by atoms with Gasteiger partial charge in [-0.15, -0.1) is 0 Å². The normalized spacial score (nSPS) is 26.4. The zero-order chi connectivity index (χ0) is 14.9. The van der Waals surface area contributed by atoms with E-state index in [-0.39, 0.29) is 17.0 Å². The molecule has 0 heterocycles. The monoisotopic (exact) mass is 290 g/mol. The van der Waals surface area contributed by atoms with E-state index in [1.807, 2.05) is 0 Å². The van der Waals surface area contributed by atoms with E-state index < -0.39 is 10.0 Å². The number of nitrogens with one attached hydrogen (secondary N) is 2. The van der Waals surface area contributed by atoms with Crippen LogP contribution < -0.4 is 10.0 Å². The van der Waals surface area contributed by atoms with Crippen LogP contribution in [0.5, 0.6) is 0 Å². The van der Waals surface area contributed by atoms with Crippen molar-refractivity contribution in [3.05, 3.63) is 0 Å². The molecule has 19 heavy (non-hydrogen) atoms. The van der Waals surface area contributed by atoms with Crippen LogP contribution in [0.1, 0.15) is 60.3 Å². The fourth-order valence-corrected chi connectivity index (χ4v) is 3.23. The standard InChI is InChI=1S/C14H30N2O2S/c1-13(2,3)14(4,5)15-11-7-9-12(10-8-11)16-19(6,17)18/h11-12,15-16H,7-10H2,1-6H3/t11-,12+. The fraction of sp³-hybridized carbons (Fsp3) is 1.00. The highest BCUT2D eigenvalue weighted by Gasteiger charge is 2.35. The molecule has 4 nitrogen and oxygen atoms in total. The van der Waals surface area contributed by atoms with E-state index in [1.54, 1.807) is 0 Å². The van der Waals surface area contributed by atoms with E-state index in [1.165, 1.54) is 6.26 Å². The average molecular weight is 290 g/mol. The van der Waals surface area contributed by atoms with E-state index in [2.05, 4.69) is 44.7 Å². The Morgan fingerprint density at radius 3 is 1.68 bits per heavy atom. The van der Waals surface area contributed by atoms with Gasteiger partial charge in [-0.1, -0.05) is 20.8 Å². The minimum Gasteiger partial charge on any atom is -0.309 e. The first kappa shape index (κ1) is 16.9. The second kappa shape index (κ2) is 5.70. The lowest BCUT2D eigenvalue weighted by atomic mass is 9.75. The van der Waals surface area contributed by atoms with Gasteiger partial charge in [0.05, 0.1) is 6.26 Å². The summed E-state index contributed by atoms with van der Waals surface area (Å²) in [6.45, 7) is 11.2. The summed E-state index contributed by atoms with van der Waals surface area (Å²) in [5, 5.41) is 3.74. The second-order valence-electron chi connectivity index (χ2n) is 7.46. The van der Waals surface area contributed by atoms with Gasteiger partial charge < -0.3 is 5.32 Å². The Morgan fingerprint density at radius 2 is 1.32 bits per heavy atom. The van der Waals surface area contributed by atoms with Gasteiger partial charge in [-0.2, -0.15) is 0 Å². The number of hydrogen-bond acceptors (Lipinski definition) is 3. The van der Waals surface area contributed by atoms with E-state index in [0.717, 1.165) is 25.7 Å². The van der Waals surface area contributed by atoms with Gasteiger partial charge in [-0.3, -0.25) is 0 Å². The number of rotatable bonds is 4. The van der Waals surface area contributed by atoms with Crippen molar-refractivity contribution in [2.45, 2.75) is 77.9 Å². The molecule has 1 aliphatic rings. The highest BCUT2D eigenvalue weighted by Crippen LogP contribution is 2.31. The van der Waals surface area contributed by atoms with Gasteiger partial charge in [0, 0.05) is 17.6 Å². The van der Waals surface area contributed by atoms with Gasteiger partial charge in [-0.25, -0.2) is 13.1 Å². The molecule has 0 unspecified atom stereocenters. The van der Waals surface area contributed by atoms with Crippen molar-refractivity contribution in [3.63, 3.8) is 0 Å². The third kappa shape index (κ3) is 5.40. The Hall–Kier alpha value is -0.130. The Kier molecular flexibility index (Phi) is 5.08. The van der Waals surface area contributed by atoms with Gasteiger partial charge in [-0.05, 0) is 44.9 Å². The van der Waals surface area contributed by atoms with E-state index in [0.29, 0.717) is 6.04 Å². The zero-order valence-electron chi connectivity index (χ0n) is 13.2. The maximum atomic E-state index is 11.2. The molecule has 0 radical (unpaired) electrons. The Labute approximate surface area is 118 Å². The summed E-state index contributed by atoms with van der Waals surface area (Å²) in [6, 6.07) is 0.609. The lowest BCUT2D eigenvalue weighted by Gasteiger charge is -2.44. The van der Waals surface area contributed by atoms with Crippen molar-refractivity contribution in [1.29, 1.82) is 0 Å². The van der Waals surface area contributed by atoms with Crippen molar-refractivity contribution in [2.75, 3.05) is 6.26 Å². The van der Waals surface area contributed by atoms with Crippen LogP contribution in [0.15, 0.2) is 0 Å². The molecule has 0 aromatic carbocycles. The molecule has 0 bridgehead atoms. The average Bonchev–Trinajstić information content (AvgIpc) is 2.16. The Balaban J connectivity index is 2.47. The lowest BCUT2D eigenvalue weighted by molar-refractivity contribution is 0.142. The first-order valence-corrected chi connectivity index (χ1v) is 9.05. The van der Waals surface area contributed by atoms with Crippen molar-refractivity contribution in [3.8, 4) is 0 Å². The largest absolute Gasteiger partial charge is 0.309 e. The maximum Gasteiger partial charge on any atom is 0.208 e. The van der Waals surface area contributed by atoms with Crippen LogP contribution in [0.4, 0.5) is 0 Å². The third-order valence-corrected chi connectivity index (χ3v) is 5.31. The first-order valence-electron chi connectivity index (χ1n) is 7.16. The molecule has 0 aromatic rings. The van der Waals surface area contributed by atoms with Crippen molar-refractivity contribution in [2.24, 2.45) is 5.41 Å². The molecule has 0 spiro atoms. The molecular formula is C14H30N2O2S. The molecule has 0 aliphatic heterocycles. The topological polar surface area (TPSA) is 58.2 Å². The summed E-state index contributed by atoms with van der Waals surface area (Å²) in [6.07, 6.45) is 5.15. The van der Waals surface area contributed by atoms with Crippen molar-refractivity contribution in [1.82, 2.24) is 10.0 Å². The summed E-state index contributed by atoms with van der Waals surface area (Å²) < 4.78 is 25.1. The molecule has 0 saturated heterocycles. The molecule has 0 amide bonds. The third-order valence-electron chi connectivity index (χ3n) is 4.55. The highest BCUT2D eigenvalue weighted by molar-refractivity contribution is 7.88. The van der Waals surface area contributed by atoms with Crippen LogP contribution in [-0.2, 0) is 10.0 Å². The second-order valence-corrected chi connectivity index (χ2v) is 9.24. The Bertz CT molecular complexity index is 388. The summed E-state index contributed by atoms with van der Waals surface area (Å²) in [4.78, 5) is 0. The van der Waals surface area contributed by atoms with Crippen LogP contribution in [0.2, 0.25) is 0 Å². The molecule has 5 heteroatoms. The van der Waals surface area contributed by atoms with E-state index in [4.69, 9.17) is 0 Å². The minimum atomic E-state index is -3.07. The summed E-state index contributed by atoms with van der Waals surface area (Å²) in [5.41, 5.74) is 0.281. The minimum absolute atomic E-state index is 0.0781. The quantitative estimate of drug-likeness (QED) is 0.835. The first-order chi connectivity index (χ1) is 8.41. The van der Waals surface area contributed by atoms with Crippen LogP contribution in [-0.4, -0.2) is 32.3 Å². The van der Waals surface area contributed by atoms with E-state index >= 15 is 0 Å². The summed E-state index contributed by atoms with van der Waals surface area (Å²) in [5.74, 6) is 0. The predicted molar refractivity (Wildman–Crippen MR) is 80.7 cm³/mol. The maximum absolute atomic E-state index is 11.2. The zero-order valence-corrected chi connectivity index (χ0v) is 14.0. The van der Waals surface area contributed by atoms with Crippen molar-refractivity contribution >= 4 is 10.0 Å². The summed E-state index contributed by atoms with van der Waals surface area (Å²) >= 11 is 0. The van der Waals surface area contributed by atoms with Crippen LogP contribution in [0.3, 0.4) is 0 Å². The van der Waals surface area contributed by atoms with Crippen LogP contribution in [0, 0.1) is 5.41 Å². The van der Waals surface area contributed by atoms with Crippen molar-refractivity contribution < 1.29 is 8.42 Å².